The molecular weight excluding hydrogens is 633 g/mol. The number of hydrogen-bond acceptors (Lipinski definition) is 9. The average Bonchev–Trinajstić information content (AvgIpc) is 3.64. The molecule has 1 unspecified atom stereocenters. The summed E-state index contributed by atoms with van der Waals surface area (Å²) in [5, 5.41) is 4.93. The Hall–Kier alpha value is -4.87. The summed E-state index contributed by atoms with van der Waals surface area (Å²) >= 11 is 2.90. The van der Waals surface area contributed by atoms with Gasteiger partial charge in [-0.25, -0.2) is 14.5 Å². The Bertz CT molecular complexity index is 2160. The van der Waals surface area contributed by atoms with E-state index in [1.54, 1.807) is 56.0 Å². The molecule has 0 bridgehead atoms. The Kier molecular flexibility index (Phi) is 9.19. The van der Waals surface area contributed by atoms with Gasteiger partial charge in [0.25, 0.3) is 5.56 Å². The Balaban J connectivity index is 1.55. The van der Waals surface area contributed by atoms with E-state index in [0.717, 1.165) is 27.3 Å². The van der Waals surface area contributed by atoms with E-state index < -0.39 is 12.0 Å². The fourth-order valence-electron chi connectivity index (χ4n) is 5.52. The molecule has 9 nitrogen and oxygen atoms in total. The van der Waals surface area contributed by atoms with Gasteiger partial charge in [0.1, 0.15) is 5.69 Å². The molecule has 0 aliphatic carbocycles. The fourth-order valence-corrected chi connectivity index (χ4v) is 6.96. The van der Waals surface area contributed by atoms with Crippen LogP contribution in [-0.2, 0) is 9.53 Å². The molecule has 1 aliphatic rings. The van der Waals surface area contributed by atoms with Crippen molar-refractivity contribution < 1.29 is 19.0 Å². The zero-order valence-corrected chi connectivity index (χ0v) is 28.5. The molecule has 11 heteroatoms. The van der Waals surface area contributed by atoms with Crippen LogP contribution < -0.4 is 24.4 Å². The average molecular weight is 667 g/mol. The second kappa shape index (κ2) is 13.5. The smallest absolute Gasteiger partial charge is 0.338 e. The highest BCUT2D eigenvalue weighted by molar-refractivity contribution is 7.98. The third-order valence-corrected chi connectivity index (χ3v) is 9.45. The van der Waals surface area contributed by atoms with Crippen LogP contribution in [0.3, 0.4) is 0 Å². The first-order chi connectivity index (χ1) is 22.7. The van der Waals surface area contributed by atoms with Gasteiger partial charge in [0.2, 0.25) is 0 Å². The summed E-state index contributed by atoms with van der Waals surface area (Å²) in [6, 6.07) is 22.6. The number of carbonyl (C=O) groups excluding carboxylic acids is 1. The third-order valence-electron chi connectivity index (χ3n) is 7.72. The van der Waals surface area contributed by atoms with Crippen LogP contribution in [-0.4, -0.2) is 46.9 Å². The monoisotopic (exact) mass is 666 g/mol. The molecule has 0 radical (unpaired) electrons. The summed E-state index contributed by atoms with van der Waals surface area (Å²) < 4.78 is 20.5. The number of methoxy groups -OCH3 is 2. The maximum absolute atomic E-state index is 14.4. The molecule has 0 saturated heterocycles. The van der Waals surface area contributed by atoms with Gasteiger partial charge in [-0.1, -0.05) is 41.7 Å². The molecule has 3 aromatic carbocycles. The number of ether oxygens (including phenoxy) is 3. The Morgan fingerprint density at radius 3 is 2.38 bits per heavy atom. The molecule has 240 valence electrons. The van der Waals surface area contributed by atoms with Gasteiger partial charge in [-0.2, -0.15) is 5.10 Å². The molecular formula is C36H34N4O5S2. The van der Waals surface area contributed by atoms with Crippen molar-refractivity contribution in [3.05, 3.63) is 121 Å². The lowest BCUT2D eigenvalue weighted by atomic mass is 9.96. The minimum Gasteiger partial charge on any atom is -0.493 e. The first kappa shape index (κ1) is 32.1. The first-order valence-corrected chi connectivity index (χ1v) is 17.0. The van der Waals surface area contributed by atoms with E-state index in [4.69, 9.17) is 24.3 Å². The van der Waals surface area contributed by atoms with Crippen LogP contribution in [0.2, 0.25) is 0 Å². The lowest BCUT2D eigenvalue weighted by Crippen LogP contribution is -2.40. The summed E-state index contributed by atoms with van der Waals surface area (Å²) in [7, 11) is 3.18. The zero-order valence-electron chi connectivity index (χ0n) is 26.9. The van der Waals surface area contributed by atoms with Gasteiger partial charge < -0.3 is 14.2 Å². The number of para-hydroxylation sites is 1. The molecule has 5 aromatic rings. The standard InChI is InChI=1S/C36H34N4O5S2/c1-21(2)45-35(42)31-22(3)37-36-40(33(31)23-12-15-27(46-6)16-13-23)34(41)30(47-36)19-25-20-39(26-10-8-7-9-11-26)38-32(25)24-14-17-28(43-4)29(18-24)44-5/h7-21,33H,1-6H3. The molecule has 2 aromatic heterocycles. The predicted molar refractivity (Wildman–Crippen MR) is 185 cm³/mol. The van der Waals surface area contributed by atoms with Crippen molar-refractivity contribution in [3.63, 3.8) is 0 Å². The molecule has 0 amide bonds. The second-order valence-corrected chi connectivity index (χ2v) is 13.0. The number of fused-ring (bicyclic) bond motifs is 1. The minimum atomic E-state index is -0.701. The molecule has 47 heavy (non-hydrogen) atoms. The van der Waals surface area contributed by atoms with Crippen molar-refractivity contribution >= 4 is 35.1 Å². The Morgan fingerprint density at radius 2 is 1.72 bits per heavy atom. The van der Waals surface area contributed by atoms with Crippen LogP contribution >= 0.6 is 23.1 Å². The number of benzene rings is 3. The molecule has 1 aliphatic heterocycles. The van der Waals surface area contributed by atoms with Crippen molar-refractivity contribution in [1.82, 2.24) is 14.3 Å². The number of thioether (sulfide) groups is 1. The highest BCUT2D eigenvalue weighted by Crippen LogP contribution is 2.34. The number of thiazole rings is 1. The molecule has 3 heterocycles. The molecule has 1 atom stereocenters. The number of carbonyl (C=O) groups is 1. The number of allylic oxidation sites excluding steroid dienone is 1. The van der Waals surface area contributed by atoms with Crippen LogP contribution in [0, 0.1) is 0 Å². The van der Waals surface area contributed by atoms with Gasteiger partial charge in [0.05, 0.1) is 47.9 Å². The number of hydrogen-bond donors (Lipinski definition) is 0. The van der Waals surface area contributed by atoms with E-state index in [9.17, 15) is 9.59 Å². The molecule has 0 spiro atoms. The van der Waals surface area contributed by atoms with Gasteiger partial charge in [0, 0.05) is 22.2 Å². The summed E-state index contributed by atoms with van der Waals surface area (Å²) in [5.41, 5.74) is 4.43. The van der Waals surface area contributed by atoms with Crippen LogP contribution in [0.4, 0.5) is 0 Å². The fraction of sp³-hybridized carbons (Fsp3) is 0.222. The van der Waals surface area contributed by atoms with E-state index >= 15 is 0 Å². The quantitative estimate of drug-likeness (QED) is 0.145. The second-order valence-electron chi connectivity index (χ2n) is 11.1. The van der Waals surface area contributed by atoms with E-state index in [1.165, 1.54) is 11.3 Å². The summed E-state index contributed by atoms with van der Waals surface area (Å²) in [6.45, 7) is 5.39. The van der Waals surface area contributed by atoms with Gasteiger partial charge >= 0.3 is 5.97 Å². The van der Waals surface area contributed by atoms with Crippen molar-refractivity contribution in [2.75, 3.05) is 20.5 Å². The van der Waals surface area contributed by atoms with Crippen LogP contribution in [0.25, 0.3) is 23.0 Å². The van der Waals surface area contributed by atoms with Gasteiger partial charge in [-0.05, 0) is 81.1 Å². The summed E-state index contributed by atoms with van der Waals surface area (Å²) in [5.74, 6) is 0.670. The lowest BCUT2D eigenvalue weighted by molar-refractivity contribution is -0.143. The first-order valence-electron chi connectivity index (χ1n) is 15.0. The Morgan fingerprint density at radius 1 is 1.00 bits per heavy atom. The van der Waals surface area contributed by atoms with Crippen molar-refractivity contribution in [1.29, 1.82) is 0 Å². The van der Waals surface area contributed by atoms with Gasteiger partial charge in [-0.3, -0.25) is 9.36 Å². The topological polar surface area (TPSA) is 96.9 Å². The van der Waals surface area contributed by atoms with Crippen LogP contribution in [0.1, 0.15) is 37.9 Å². The number of esters is 1. The van der Waals surface area contributed by atoms with Crippen molar-refractivity contribution in [3.8, 4) is 28.4 Å². The van der Waals surface area contributed by atoms with Gasteiger partial charge in [0.15, 0.2) is 16.3 Å². The van der Waals surface area contributed by atoms with Crippen molar-refractivity contribution in [2.45, 2.75) is 37.8 Å². The zero-order chi connectivity index (χ0) is 33.2. The van der Waals surface area contributed by atoms with Gasteiger partial charge in [-0.15, -0.1) is 11.8 Å². The van der Waals surface area contributed by atoms with E-state index in [2.05, 4.69) is 0 Å². The largest absolute Gasteiger partial charge is 0.493 e. The number of rotatable bonds is 9. The highest BCUT2D eigenvalue weighted by atomic mass is 32.2. The maximum Gasteiger partial charge on any atom is 0.338 e. The molecule has 0 saturated carbocycles. The highest BCUT2D eigenvalue weighted by Gasteiger charge is 2.34. The normalized spacial score (nSPS) is 14.6. The SMILES string of the molecule is COc1ccc(-c2nn(-c3ccccc3)cc2C=c2sc3n(c2=O)C(c2ccc(SC)cc2)C(C(=O)OC(C)C)=C(C)N=3)cc1OC. The number of aromatic nitrogens is 3. The third kappa shape index (κ3) is 6.28. The Labute approximate surface area is 280 Å². The molecule has 0 fully saturated rings. The predicted octanol–water partition coefficient (Wildman–Crippen LogP) is 5.78. The maximum atomic E-state index is 14.4. The van der Waals surface area contributed by atoms with E-state index in [1.807, 2.05) is 91.3 Å². The molecule has 6 rings (SSSR count). The lowest BCUT2D eigenvalue weighted by Gasteiger charge is -2.25. The number of nitrogens with zero attached hydrogens (tertiary/aromatic N) is 4. The minimum absolute atomic E-state index is 0.263. The molecule has 0 N–H and O–H groups in total. The summed E-state index contributed by atoms with van der Waals surface area (Å²) in [6.07, 6.45) is 5.41. The van der Waals surface area contributed by atoms with Crippen molar-refractivity contribution in [2.24, 2.45) is 4.99 Å². The van der Waals surface area contributed by atoms with E-state index in [-0.39, 0.29) is 11.7 Å². The van der Waals surface area contributed by atoms with E-state index in [0.29, 0.717) is 37.8 Å². The van der Waals surface area contributed by atoms with Crippen LogP contribution in [0.15, 0.2) is 105 Å². The summed E-state index contributed by atoms with van der Waals surface area (Å²) in [4.78, 5) is 34.2. The van der Waals surface area contributed by atoms with Crippen LogP contribution in [0.5, 0.6) is 11.5 Å².